The van der Waals surface area contributed by atoms with E-state index < -0.39 is 5.60 Å². The molecule has 1 fully saturated rings. The SMILES string of the molecule is CCCSCC(=O)NCC1(O)CCCC1. The first kappa shape index (κ1) is 12.8. The second-order valence-electron chi connectivity index (χ2n) is 4.26. The highest BCUT2D eigenvalue weighted by atomic mass is 32.2. The van der Waals surface area contributed by atoms with Gasteiger partial charge in [0, 0.05) is 6.54 Å². The van der Waals surface area contributed by atoms with Crippen LogP contribution in [0.1, 0.15) is 39.0 Å². The summed E-state index contributed by atoms with van der Waals surface area (Å²) in [7, 11) is 0. The third-order valence-electron chi connectivity index (χ3n) is 2.73. The Bertz CT molecular complexity index is 203. The molecule has 1 rings (SSSR count). The van der Waals surface area contributed by atoms with Crippen molar-refractivity contribution in [3.05, 3.63) is 0 Å². The van der Waals surface area contributed by atoms with Gasteiger partial charge in [-0.05, 0) is 25.0 Å². The van der Waals surface area contributed by atoms with Crippen LogP contribution < -0.4 is 5.32 Å². The fourth-order valence-electron chi connectivity index (χ4n) is 1.83. The van der Waals surface area contributed by atoms with Crippen LogP contribution >= 0.6 is 11.8 Å². The van der Waals surface area contributed by atoms with E-state index in [0.29, 0.717) is 12.3 Å². The number of nitrogens with one attached hydrogen (secondary N) is 1. The fourth-order valence-corrected chi connectivity index (χ4v) is 2.55. The molecular weight excluding hydrogens is 210 g/mol. The highest BCUT2D eigenvalue weighted by molar-refractivity contribution is 7.99. The number of hydrogen-bond donors (Lipinski definition) is 2. The van der Waals surface area contributed by atoms with Crippen LogP contribution in [0.15, 0.2) is 0 Å². The highest BCUT2D eigenvalue weighted by Gasteiger charge is 2.31. The normalized spacial score (nSPS) is 19.1. The maximum atomic E-state index is 11.4. The van der Waals surface area contributed by atoms with Crippen LogP contribution in [-0.4, -0.2) is 34.7 Å². The Kier molecular flexibility index (Phi) is 5.47. The second-order valence-corrected chi connectivity index (χ2v) is 5.37. The molecule has 1 saturated carbocycles. The van der Waals surface area contributed by atoms with Gasteiger partial charge >= 0.3 is 0 Å². The quantitative estimate of drug-likeness (QED) is 0.682. The Labute approximate surface area is 96.0 Å². The van der Waals surface area contributed by atoms with Gasteiger partial charge < -0.3 is 10.4 Å². The van der Waals surface area contributed by atoms with Crippen LogP contribution in [0.4, 0.5) is 0 Å². The summed E-state index contributed by atoms with van der Waals surface area (Å²) in [5.41, 5.74) is -0.620. The van der Waals surface area contributed by atoms with Gasteiger partial charge in [0.1, 0.15) is 0 Å². The van der Waals surface area contributed by atoms with Crippen molar-refractivity contribution in [1.82, 2.24) is 5.32 Å². The molecule has 3 nitrogen and oxygen atoms in total. The lowest BCUT2D eigenvalue weighted by Crippen LogP contribution is -2.41. The lowest BCUT2D eigenvalue weighted by molar-refractivity contribution is -0.119. The average molecular weight is 231 g/mol. The molecule has 0 heterocycles. The van der Waals surface area contributed by atoms with E-state index >= 15 is 0 Å². The maximum absolute atomic E-state index is 11.4. The Morgan fingerprint density at radius 2 is 2.13 bits per heavy atom. The lowest BCUT2D eigenvalue weighted by atomic mass is 10.0. The van der Waals surface area contributed by atoms with E-state index in [2.05, 4.69) is 12.2 Å². The Morgan fingerprint density at radius 1 is 1.47 bits per heavy atom. The van der Waals surface area contributed by atoms with Crippen molar-refractivity contribution in [2.24, 2.45) is 0 Å². The first-order chi connectivity index (χ1) is 7.16. The summed E-state index contributed by atoms with van der Waals surface area (Å²) in [6.45, 7) is 2.53. The van der Waals surface area contributed by atoms with Gasteiger partial charge in [-0.15, -0.1) is 0 Å². The molecule has 0 bridgehead atoms. The van der Waals surface area contributed by atoms with Gasteiger partial charge in [0.05, 0.1) is 11.4 Å². The minimum Gasteiger partial charge on any atom is -0.388 e. The second kappa shape index (κ2) is 6.38. The molecule has 88 valence electrons. The first-order valence-corrected chi connectivity index (χ1v) is 6.88. The smallest absolute Gasteiger partial charge is 0.230 e. The van der Waals surface area contributed by atoms with Crippen molar-refractivity contribution in [3.8, 4) is 0 Å². The third kappa shape index (κ3) is 4.89. The molecule has 0 saturated heterocycles. The van der Waals surface area contributed by atoms with Crippen molar-refractivity contribution in [1.29, 1.82) is 0 Å². The van der Waals surface area contributed by atoms with Gasteiger partial charge in [0.2, 0.25) is 5.91 Å². The van der Waals surface area contributed by atoms with Gasteiger partial charge in [-0.25, -0.2) is 0 Å². The van der Waals surface area contributed by atoms with E-state index in [4.69, 9.17) is 0 Å². The number of hydrogen-bond acceptors (Lipinski definition) is 3. The van der Waals surface area contributed by atoms with Crippen molar-refractivity contribution in [3.63, 3.8) is 0 Å². The third-order valence-corrected chi connectivity index (χ3v) is 3.89. The molecule has 4 heteroatoms. The number of rotatable bonds is 6. The maximum Gasteiger partial charge on any atom is 0.230 e. The molecule has 0 aromatic carbocycles. The molecule has 1 amide bonds. The van der Waals surface area contributed by atoms with E-state index in [-0.39, 0.29) is 5.91 Å². The van der Waals surface area contributed by atoms with Crippen LogP contribution in [0.25, 0.3) is 0 Å². The van der Waals surface area contributed by atoms with Gasteiger partial charge in [-0.3, -0.25) is 4.79 Å². The molecule has 15 heavy (non-hydrogen) atoms. The van der Waals surface area contributed by atoms with Gasteiger partial charge in [0.15, 0.2) is 0 Å². The average Bonchev–Trinajstić information content (AvgIpc) is 2.64. The topological polar surface area (TPSA) is 49.3 Å². The zero-order valence-corrected chi connectivity index (χ0v) is 10.2. The molecule has 0 aromatic rings. The molecule has 0 atom stereocenters. The molecule has 0 unspecified atom stereocenters. The number of carbonyl (C=O) groups excluding carboxylic acids is 1. The van der Waals surface area contributed by atoms with Crippen LogP contribution in [0, 0.1) is 0 Å². The molecular formula is C11H21NO2S. The van der Waals surface area contributed by atoms with Gasteiger partial charge in [-0.2, -0.15) is 11.8 Å². The minimum atomic E-state index is -0.620. The Hall–Kier alpha value is -0.220. The van der Waals surface area contributed by atoms with Crippen LogP contribution in [0.3, 0.4) is 0 Å². The Morgan fingerprint density at radius 3 is 2.73 bits per heavy atom. The summed E-state index contributed by atoms with van der Waals surface area (Å²) in [6, 6.07) is 0. The summed E-state index contributed by atoms with van der Waals surface area (Å²) in [6.07, 6.45) is 4.92. The summed E-state index contributed by atoms with van der Waals surface area (Å²) in [5, 5.41) is 12.8. The van der Waals surface area contributed by atoms with Crippen molar-refractivity contribution < 1.29 is 9.90 Å². The first-order valence-electron chi connectivity index (χ1n) is 5.73. The fraction of sp³-hybridized carbons (Fsp3) is 0.909. The molecule has 2 N–H and O–H groups in total. The molecule has 1 aliphatic rings. The number of amides is 1. The molecule has 1 aliphatic carbocycles. The van der Waals surface area contributed by atoms with Crippen molar-refractivity contribution in [2.75, 3.05) is 18.1 Å². The van der Waals surface area contributed by atoms with Gasteiger partial charge in [-0.1, -0.05) is 19.8 Å². The number of aliphatic hydroxyl groups is 1. The van der Waals surface area contributed by atoms with Crippen molar-refractivity contribution in [2.45, 2.75) is 44.6 Å². The Balaban J connectivity index is 2.10. The summed E-state index contributed by atoms with van der Waals surface area (Å²) in [5.74, 6) is 1.59. The number of carbonyl (C=O) groups is 1. The van der Waals surface area contributed by atoms with E-state index in [9.17, 15) is 9.90 Å². The van der Waals surface area contributed by atoms with Crippen molar-refractivity contribution >= 4 is 17.7 Å². The molecule has 0 aromatic heterocycles. The summed E-state index contributed by atoms with van der Waals surface area (Å²) >= 11 is 1.65. The minimum absolute atomic E-state index is 0.0498. The van der Waals surface area contributed by atoms with E-state index in [1.165, 1.54) is 0 Å². The molecule has 0 aliphatic heterocycles. The van der Waals surface area contributed by atoms with E-state index in [0.717, 1.165) is 37.9 Å². The van der Waals surface area contributed by atoms with Gasteiger partial charge in [0.25, 0.3) is 0 Å². The lowest BCUT2D eigenvalue weighted by Gasteiger charge is -2.22. The van der Waals surface area contributed by atoms with E-state index in [1.807, 2.05) is 0 Å². The summed E-state index contributed by atoms with van der Waals surface area (Å²) < 4.78 is 0. The zero-order chi connectivity index (χ0) is 11.1. The van der Waals surface area contributed by atoms with Crippen LogP contribution in [0.2, 0.25) is 0 Å². The largest absolute Gasteiger partial charge is 0.388 e. The summed E-state index contributed by atoms with van der Waals surface area (Å²) in [4.78, 5) is 11.4. The van der Waals surface area contributed by atoms with E-state index in [1.54, 1.807) is 11.8 Å². The predicted octanol–water partition coefficient (Wildman–Crippen LogP) is 1.55. The van der Waals surface area contributed by atoms with Crippen LogP contribution in [-0.2, 0) is 4.79 Å². The molecule has 0 radical (unpaired) electrons. The zero-order valence-electron chi connectivity index (χ0n) is 9.42. The predicted molar refractivity (Wildman–Crippen MR) is 64.0 cm³/mol. The number of thioether (sulfide) groups is 1. The molecule has 0 spiro atoms. The van der Waals surface area contributed by atoms with Crippen LogP contribution in [0.5, 0.6) is 0 Å². The highest BCUT2D eigenvalue weighted by Crippen LogP contribution is 2.28. The monoisotopic (exact) mass is 231 g/mol. The standard InChI is InChI=1S/C11H21NO2S/c1-2-7-15-8-10(13)12-9-11(14)5-3-4-6-11/h14H,2-9H2,1H3,(H,12,13).